The molecule has 0 aromatic carbocycles. The molecule has 56 valence electrons. The van der Waals surface area contributed by atoms with Crippen molar-refractivity contribution in [3.63, 3.8) is 0 Å². The van der Waals surface area contributed by atoms with Gasteiger partial charge in [-0.1, -0.05) is 35.2 Å². The van der Waals surface area contributed by atoms with Gasteiger partial charge in [-0.2, -0.15) is 5.26 Å². The number of halogens is 1. The molecule has 0 bridgehead atoms. The highest BCUT2D eigenvalue weighted by Crippen LogP contribution is 2.32. The van der Waals surface area contributed by atoms with Gasteiger partial charge in [0.25, 0.3) is 0 Å². The van der Waals surface area contributed by atoms with Gasteiger partial charge in [0.1, 0.15) is 4.45 Å². The second kappa shape index (κ2) is 3.25. The fraction of sp³-hybridized carbons (Fsp3) is 0.857. The molecule has 10 heavy (non-hydrogen) atoms. The molecule has 1 rings (SSSR count). The van der Waals surface area contributed by atoms with E-state index in [9.17, 15) is 0 Å². The van der Waals surface area contributed by atoms with Crippen LogP contribution in [0, 0.1) is 11.5 Å². The average Bonchev–Trinajstić information content (AvgIpc) is 1.89. The Hall–Kier alpha value is -0.230. The largest absolute Gasteiger partial charge is 0.308 e. The molecule has 0 saturated heterocycles. The van der Waals surface area contributed by atoms with Gasteiger partial charge < -0.3 is 5.32 Å². The number of hydrogen-bond donors (Lipinski definition) is 1. The van der Waals surface area contributed by atoms with Crippen molar-refractivity contribution in [2.75, 3.05) is 0 Å². The Kier molecular flexibility index (Phi) is 2.56. The van der Waals surface area contributed by atoms with Gasteiger partial charge in [-0.25, -0.2) is 0 Å². The molecule has 1 saturated carbocycles. The summed E-state index contributed by atoms with van der Waals surface area (Å²) in [6, 6.07) is 0. The first-order valence-electron chi connectivity index (χ1n) is 3.62. The number of alkyl halides is 1. The fourth-order valence-electron chi connectivity index (χ4n) is 1.34. The van der Waals surface area contributed by atoms with Crippen molar-refractivity contribution >= 4 is 15.9 Å². The minimum atomic E-state index is -0.0694. The van der Waals surface area contributed by atoms with Gasteiger partial charge in [0.15, 0.2) is 6.19 Å². The van der Waals surface area contributed by atoms with E-state index in [1.807, 2.05) is 6.19 Å². The van der Waals surface area contributed by atoms with Crippen molar-refractivity contribution in [3.05, 3.63) is 0 Å². The molecule has 1 aliphatic carbocycles. The summed E-state index contributed by atoms with van der Waals surface area (Å²) in [6.07, 6.45) is 7.87. The third-order valence-corrected chi connectivity index (χ3v) is 2.92. The molecule has 0 amide bonds. The summed E-state index contributed by atoms with van der Waals surface area (Å²) in [4.78, 5) is 0. The molecule has 1 fully saturated rings. The van der Waals surface area contributed by atoms with Crippen molar-refractivity contribution < 1.29 is 0 Å². The van der Waals surface area contributed by atoms with Crippen LogP contribution in [0.3, 0.4) is 0 Å². The van der Waals surface area contributed by atoms with Gasteiger partial charge in [0, 0.05) is 0 Å². The molecule has 0 spiro atoms. The first-order chi connectivity index (χ1) is 4.77. The van der Waals surface area contributed by atoms with Crippen LogP contribution in [0.2, 0.25) is 0 Å². The topological polar surface area (TPSA) is 35.8 Å². The molecular weight excluding hydrogens is 192 g/mol. The molecule has 0 aliphatic heterocycles. The molecule has 1 aliphatic rings. The summed E-state index contributed by atoms with van der Waals surface area (Å²) in [7, 11) is 0. The summed E-state index contributed by atoms with van der Waals surface area (Å²) in [5.41, 5.74) is 0. The molecule has 0 radical (unpaired) electrons. The van der Waals surface area contributed by atoms with Crippen LogP contribution in [-0.2, 0) is 0 Å². The maximum Gasteiger partial charge on any atom is 0.177 e. The molecule has 3 heteroatoms. The second-order valence-electron chi connectivity index (χ2n) is 2.76. The second-order valence-corrected chi connectivity index (χ2v) is 4.28. The van der Waals surface area contributed by atoms with Gasteiger partial charge in [-0.15, -0.1) is 0 Å². The van der Waals surface area contributed by atoms with Gasteiger partial charge in [-0.3, -0.25) is 0 Å². The third-order valence-electron chi connectivity index (χ3n) is 1.93. The van der Waals surface area contributed by atoms with E-state index in [1.165, 1.54) is 19.3 Å². The van der Waals surface area contributed by atoms with E-state index in [-0.39, 0.29) is 4.45 Å². The Morgan fingerprint density at radius 1 is 1.30 bits per heavy atom. The van der Waals surface area contributed by atoms with Gasteiger partial charge >= 0.3 is 0 Å². The minimum Gasteiger partial charge on any atom is -0.308 e. The Bertz CT molecular complexity index is 144. The molecular formula is C7H11BrN2. The van der Waals surface area contributed by atoms with E-state index in [0.717, 1.165) is 12.8 Å². The van der Waals surface area contributed by atoms with Crippen LogP contribution in [0.25, 0.3) is 0 Å². The highest BCUT2D eigenvalue weighted by atomic mass is 79.9. The number of nitriles is 1. The van der Waals surface area contributed by atoms with Crippen LogP contribution in [0.15, 0.2) is 0 Å². The lowest BCUT2D eigenvalue weighted by atomic mass is 9.95. The summed E-state index contributed by atoms with van der Waals surface area (Å²) < 4.78 is -0.0694. The third kappa shape index (κ3) is 1.88. The Balaban J connectivity index is 2.42. The molecule has 0 atom stereocenters. The number of nitrogens with one attached hydrogen (secondary N) is 1. The molecule has 0 aromatic rings. The van der Waals surface area contributed by atoms with Crippen LogP contribution in [0.4, 0.5) is 0 Å². The molecule has 0 heterocycles. The normalized spacial score (nSPS) is 23.2. The zero-order valence-corrected chi connectivity index (χ0v) is 7.45. The lowest BCUT2D eigenvalue weighted by Crippen LogP contribution is -2.37. The summed E-state index contributed by atoms with van der Waals surface area (Å²) in [5.74, 6) is 0. The van der Waals surface area contributed by atoms with Crippen molar-refractivity contribution in [2.45, 2.75) is 36.6 Å². The zero-order valence-electron chi connectivity index (χ0n) is 5.86. The quantitative estimate of drug-likeness (QED) is 0.306. The Morgan fingerprint density at radius 2 is 1.90 bits per heavy atom. The van der Waals surface area contributed by atoms with E-state index in [2.05, 4.69) is 21.2 Å². The lowest BCUT2D eigenvalue weighted by Gasteiger charge is -2.29. The molecule has 0 aromatic heterocycles. The predicted molar refractivity (Wildman–Crippen MR) is 43.5 cm³/mol. The molecule has 1 N–H and O–H groups in total. The Labute approximate surface area is 69.7 Å². The van der Waals surface area contributed by atoms with Crippen LogP contribution in [0.5, 0.6) is 0 Å². The Morgan fingerprint density at radius 3 is 2.40 bits per heavy atom. The highest BCUT2D eigenvalue weighted by molar-refractivity contribution is 9.10. The molecule has 0 unspecified atom stereocenters. The van der Waals surface area contributed by atoms with Crippen molar-refractivity contribution in [3.8, 4) is 6.19 Å². The van der Waals surface area contributed by atoms with E-state index in [0.29, 0.717) is 0 Å². The van der Waals surface area contributed by atoms with Crippen molar-refractivity contribution in [1.82, 2.24) is 5.32 Å². The van der Waals surface area contributed by atoms with E-state index < -0.39 is 0 Å². The summed E-state index contributed by atoms with van der Waals surface area (Å²) in [6.45, 7) is 0. The zero-order chi connectivity index (χ0) is 7.45. The van der Waals surface area contributed by atoms with E-state index in [1.54, 1.807) is 0 Å². The van der Waals surface area contributed by atoms with Crippen LogP contribution >= 0.6 is 15.9 Å². The standard InChI is InChI=1S/C7H11BrN2/c8-7(10-6-9)4-2-1-3-5-7/h10H,1-5H2. The lowest BCUT2D eigenvalue weighted by molar-refractivity contribution is 0.380. The van der Waals surface area contributed by atoms with Gasteiger partial charge in [-0.05, 0) is 12.8 Å². The van der Waals surface area contributed by atoms with Crippen molar-refractivity contribution in [2.24, 2.45) is 0 Å². The minimum absolute atomic E-state index is 0.0694. The SMILES string of the molecule is N#CNC1(Br)CCCCC1. The predicted octanol–water partition coefficient (Wildman–Crippen LogP) is 2.11. The molecule has 2 nitrogen and oxygen atoms in total. The fourth-order valence-corrected chi connectivity index (χ4v) is 1.99. The van der Waals surface area contributed by atoms with Crippen molar-refractivity contribution in [1.29, 1.82) is 5.26 Å². The first-order valence-corrected chi connectivity index (χ1v) is 4.41. The average molecular weight is 203 g/mol. The maximum atomic E-state index is 8.39. The van der Waals surface area contributed by atoms with Crippen LogP contribution < -0.4 is 5.32 Å². The van der Waals surface area contributed by atoms with Gasteiger partial charge in [0.05, 0.1) is 0 Å². The number of hydrogen-bond acceptors (Lipinski definition) is 2. The van der Waals surface area contributed by atoms with E-state index in [4.69, 9.17) is 5.26 Å². The highest BCUT2D eigenvalue weighted by Gasteiger charge is 2.27. The first kappa shape index (κ1) is 7.87. The smallest absolute Gasteiger partial charge is 0.177 e. The summed E-state index contributed by atoms with van der Waals surface area (Å²) in [5, 5.41) is 11.2. The summed E-state index contributed by atoms with van der Waals surface area (Å²) >= 11 is 3.52. The van der Waals surface area contributed by atoms with Crippen LogP contribution in [0.1, 0.15) is 32.1 Å². The van der Waals surface area contributed by atoms with Gasteiger partial charge in [0.2, 0.25) is 0 Å². The number of rotatable bonds is 1. The number of nitrogens with zero attached hydrogens (tertiary/aromatic N) is 1. The monoisotopic (exact) mass is 202 g/mol. The van der Waals surface area contributed by atoms with Crippen LogP contribution in [-0.4, -0.2) is 4.45 Å². The maximum absolute atomic E-state index is 8.39. The van der Waals surface area contributed by atoms with E-state index >= 15 is 0 Å².